The van der Waals surface area contributed by atoms with E-state index in [4.69, 9.17) is 5.73 Å². The molecule has 1 aliphatic carbocycles. The molecule has 1 fully saturated rings. The van der Waals surface area contributed by atoms with E-state index in [2.05, 4.69) is 17.1 Å². The van der Waals surface area contributed by atoms with E-state index < -0.39 is 0 Å². The summed E-state index contributed by atoms with van der Waals surface area (Å²) in [5.41, 5.74) is 5.46. The molecule has 2 aliphatic rings. The Labute approximate surface area is 68.1 Å². The number of fused-ring (bicyclic) bond motifs is 2. The summed E-state index contributed by atoms with van der Waals surface area (Å²) >= 11 is 0. The first-order valence-corrected chi connectivity index (χ1v) is 4.52. The van der Waals surface area contributed by atoms with Gasteiger partial charge in [0, 0.05) is 12.6 Å². The first-order chi connectivity index (χ1) is 5.40. The average molecular weight is 152 g/mol. The molecule has 2 bridgehead atoms. The molecule has 1 aliphatic heterocycles. The van der Waals surface area contributed by atoms with Gasteiger partial charge >= 0.3 is 0 Å². The van der Waals surface area contributed by atoms with Gasteiger partial charge in [-0.25, -0.2) is 0 Å². The number of nitrogens with two attached hydrogens (primary N) is 1. The highest BCUT2D eigenvalue weighted by atomic mass is 15.2. The van der Waals surface area contributed by atoms with Crippen molar-refractivity contribution in [2.75, 3.05) is 19.6 Å². The zero-order valence-electron chi connectivity index (χ0n) is 6.87. The summed E-state index contributed by atoms with van der Waals surface area (Å²) in [7, 11) is 0. The van der Waals surface area contributed by atoms with Crippen molar-refractivity contribution in [2.24, 2.45) is 11.7 Å². The number of hydrogen-bond acceptors (Lipinski definition) is 2. The molecule has 0 aromatic rings. The molecule has 0 radical (unpaired) electrons. The van der Waals surface area contributed by atoms with E-state index in [1.54, 1.807) is 0 Å². The molecule has 1 heterocycles. The van der Waals surface area contributed by atoms with E-state index >= 15 is 0 Å². The molecule has 0 aromatic carbocycles. The predicted octanol–water partition coefficient (Wildman–Crippen LogP) is 0.595. The van der Waals surface area contributed by atoms with E-state index in [0.29, 0.717) is 0 Å². The van der Waals surface area contributed by atoms with E-state index in [9.17, 15) is 0 Å². The van der Waals surface area contributed by atoms with Crippen molar-refractivity contribution in [1.29, 1.82) is 0 Å². The highest BCUT2D eigenvalue weighted by molar-refractivity contribution is 5.12. The molecule has 2 heteroatoms. The van der Waals surface area contributed by atoms with Crippen molar-refractivity contribution in [3.63, 3.8) is 0 Å². The predicted molar refractivity (Wildman–Crippen MR) is 46.3 cm³/mol. The number of nitrogens with zero attached hydrogens (tertiary/aromatic N) is 1. The van der Waals surface area contributed by atoms with Gasteiger partial charge in [0.2, 0.25) is 0 Å². The maximum atomic E-state index is 5.46. The molecule has 11 heavy (non-hydrogen) atoms. The molecule has 2 atom stereocenters. The fraction of sp³-hybridized carbons (Fsp3) is 0.778. The highest BCUT2D eigenvalue weighted by Crippen LogP contribution is 2.30. The Bertz CT molecular complexity index is 165. The van der Waals surface area contributed by atoms with Crippen molar-refractivity contribution >= 4 is 0 Å². The quantitative estimate of drug-likeness (QED) is 0.600. The Morgan fingerprint density at radius 1 is 1.45 bits per heavy atom. The molecule has 2 rings (SSSR count). The van der Waals surface area contributed by atoms with Crippen molar-refractivity contribution in [2.45, 2.75) is 18.9 Å². The second kappa shape index (κ2) is 2.95. The molecule has 2 nitrogen and oxygen atoms in total. The van der Waals surface area contributed by atoms with E-state index in [1.165, 1.54) is 19.5 Å². The lowest BCUT2D eigenvalue weighted by atomic mass is 10.2. The lowest BCUT2D eigenvalue weighted by molar-refractivity contribution is 0.278. The zero-order chi connectivity index (χ0) is 7.68. The largest absolute Gasteiger partial charge is 0.330 e. The fourth-order valence-electron chi connectivity index (χ4n) is 2.15. The second-order valence-corrected chi connectivity index (χ2v) is 3.59. The minimum atomic E-state index is 0.756. The van der Waals surface area contributed by atoms with Crippen LogP contribution in [0.5, 0.6) is 0 Å². The minimum absolute atomic E-state index is 0.756. The van der Waals surface area contributed by atoms with Gasteiger partial charge in [-0.2, -0.15) is 0 Å². The fourth-order valence-corrected chi connectivity index (χ4v) is 2.15. The van der Waals surface area contributed by atoms with Crippen LogP contribution >= 0.6 is 0 Å². The Hall–Kier alpha value is -0.340. The third-order valence-corrected chi connectivity index (χ3v) is 2.74. The van der Waals surface area contributed by atoms with Crippen LogP contribution in [0.25, 0.3) is 0 Å². The van der Waals surface area contributed by atoms with Crippen LogP contribution in [0.4, 0.5) is 0 Å². The summed E-state index contributed by atoms with van der Waals surface area (Å²) in [6.07, 6.45) is 7.23. The highest BCUT2D eigenvalue weighted by Gasteiger charge is 2.32. The van der Waals surface area contributed by atoms with Gasteiger partial charge < -0.3 is 5.73 Å². The standard InChI is InChI=1S/C9H16N2/c10-4-1-5-11-7-8-2-3-9(11)6-8/h2-3,8-9H,1,4-7,10H2/t8-,9+/m0/s1. The lowest BCUT2D eigenvalue weighted by Crippen LogP contribution is -2.31. The lowest BCUT2D eigenvalue weighted by Gasteiger charge is -2.22. The molecule has 2 N–H and O–H groups in total. The van der Waals surface area contributed by atoms with Crippen LogP contribution in [0.1, 0.15) is 12.8 Å². The first-order valence-electron chi connectivity index (χ1n) is 4.52. The Morgan fingerprint density at radius 3 is 2.91 bits per heavy atom. The van der Waals surface area contributed by atoms with Crippen molar-refractivity contribution in [3.05, 3.63) is 12.2 Å². The van der Waals surface area contributed by atoms with Gasteiger partial charge in [-0.05, 0) is 31.8 Å². The Balaban J connectivity index is 1.84. The summed E-state index contributed by atoms with van der Waals surface area (Å²) in [5.74, 6) is 0.859. The summed E-state index contributed by atoms with van der Waals surface area (Å²) in [4.78, 5) is 2.55. The van der Waals surface area contributed by atoms with Gasteiger partial charge in [-0.1, -0.05) is 12.2 Å². The molecule has 0 aromatic heterocycles. The first kappa shape index (κ1) is 7.32. The minimum Gasteiger partial charge on any atom is -0.330 e. The maximum absolute atomic E-state index is 5.46. The zero-order valence-corrected chi connectivity index (χ0v) is 6.87. The van der Waals surface area contributed by atoms with E-state index in [0.717, 1.165) is 24.9 Å². The summed E-state index contributed by atoms with van der Waals surface area (Å²) < 4.78 is 0. The summed E-state index contributed by atoms with van der Waals surface area (Å²) in [5, 5.41) is 0. The SMILES string of the molecule is NCCCN1C[C@H]2C=C[C@@H]1C2. The van der Waals surface area contributed by atoms with Crippen molar-refractivity contribution in [3.8, 4) is 0 Å². The van der Waals surface area contributed by atoms with Crippen molar-refractivity contribution < 1.29 is 0 Å². The van der Waals surface area contributed by atoms with Gasteiger partial charge in [-0.3, -0.25) is 4.90 Å². The van der Waals surface area contributed by atoms with Crippen LogP contribution in [0, 0.1) is 5.92 Å². The van der Waals surface area contributed by atoms with Gasteiger partial charge in [0.15, 0.2) is 0 Å². The van der Waals surface area contributed by atoms with Crippen LogP contribution in [0.3, 0.4) is 0 Å². The van der Waals surface area contributed by atoms with E-state index in [1.807, 2.05) is 0 Å². The number of rotatable bonds is 3. The van der Waals surface area contributed by atoms with Crippen LogP contribution in [-0.2, 0) is 0 Å². The molecule has 62 valence electrons. The Kier molecular flexibility index (Phi) is 1.96. The maximum Gasteiger partial charge on any atom is 0.0284 e. The normalized spacial score (nSPS) is 35.4. The molecular weight excluding hydrogens is 136 g/mol. The number of hydrogen-bond donors (Lipinski definition) is 1. The van der Waals surface area contributed by atoms with Gasteiger partial charge in [0.05, 0.1) is 0 Å². The van der Waals surface area contributed by atoms with Gasteiger partial charge in [0.25, 0.3) is 0 Å². The van der Waals surface area contributed by atoms with Crippen molar-refractivity contribution in [1.82, 2.24) is 4.90 Å². The smallest absolute Gasteiger partial charge is 0.0284 e. The summed E-state index contributed by atoms with van der Waals surface area (Å²) in [6.45, 7) is 3.31. The molecule has 0 saturated carbocycles. The molecule has 0 amide bonds. The monoisotopic (exact) mass is 152 g/mol. The third-order valence-electron chi connectivity index (χ3n) is 2.74. The van der Waals surface area contributed by atoms with E-state index in [-0.39, 0.29) is 0 Å². The topological polar surface area (TPSA) is 29.3 Å². The molecular formula is C9H16N2. The van der Waals surface area contributed by atoms with Crippen LogP contribution in [-0.4, -0.2) is 30.6 Å². The number of likely N-dealkylation sites (tertiary alicyclic amines) is 1. The Morgan fingerprint density at radius 2 is 2.36 bits per heavy atom. The third kappa shape index (κ3) is 1.33. The van der Waals surface area contributed by atoms with Gasteiger partial charge in [-0.15, -0.1) is 0 Å². The van der Waals surface area contributed by atoms with Crippen LogP contribution in [0.2, 0.25) is 0 Å². The summed E-state index contributed by atoms with van der Waals surface area (Å²) in [6, 6.07) is 0.756. The molecule has 0 unspecified atom stereocenters. The average Bonchev–Trinajstić information content (AvgIpc) is 2.60. The van der Waals surface area contributed by atoms with Crippen LogP contribution < -0.4 is 5.73 Å². The second-order valence-electron chi connectivity index (χ2n) is 3.59. The van der Waals surface area contributed by atoms with Gasteiger partial charge in [0.1, 0.15) is 0 Å². The molecule has 1 saturated heterocycles. The van der Waals surface area contributed by atoms with Crippen LogP contribution in [0.15, 0.2) is 12.2 Å². The molecule has 0 spiro atoms.